The van der Waals surface area contributed by atoms with E-state index in [1.807, 2.05) is 45.0 Å². The summed E-state index contributed by atoms with van der Waals surface area (Å²) in [5.74, 6) is -0.384. The third kappa shape index (κ3) is 9.33. The van der Waals surface area contributed by atoms with Crippen molar-refractivity contribution in [2.24, 2.45) is 0 Å². The summed E-state index contributed by atoms with van der Waals surface area (Å²) in [6, 6.07) is 11.7. The van der Waals surface area contributed by atoms with E-state index >= 15 is 0 Å². The van der Waals surface area contributed by atoms with Crippen LogP contribution in [-0.4, -0.2) is 65.6 Å². The van der Waals surface area contributed by atoms with Crippen LogP contribution in [0.25, 0.3) is 16.8 Å². The Kier molecular flexibility index (Phi) is 12.3. The van der Waals surface area contributed by atoms with Gasteiger partial charge in [-0.3, -0.25) is 0 Å². The lowest BCUT2D eigenvalue weighted by molar-refractivity contribution is -0.131. The van der Waals surface area contributed by atoms with Gasteiger partial charge < -0.3 is 33.2 Å². The van der Waals surface area contributed by atoms with E-state index in [-0.39, 0.29) is 13.2 Å². The molecule has 35 heavy (non-hydrogen) atoms. The number of fused-ring (bicyclic) bond motifs is 1. The predicted octanol–water partition coefficient (Wildman–Crippen LogP) is 4.48. The second-order valence-corrected chi connectivity index (χ2v) is 10.1. The molecular formula is C25H35NO8Si. The van der Waals surface area contributed by atoms with Gasteiger partial charge in [0.2, 0.25) is 0 Å². The number of hydrogen-bond donors (Lipinski definition) is 2. The molecule has 0 unspecified atom stereocenters. The molecule has 192 valence electrons. The quantitative estimate of drug-likeness (QED) is 0.195. The first kappa shape index (κ1) is 28.3. The highest BCUT2D eigenvalue weighted by molar-refractivity contribution is 6.60. The molecule has 2 rings (SSSR count). The summed E-state index contributed by atoms with van der Waals surface area (Å²) >= 11 is 0. The Morgan fingerprint density at radius 2 is 1.60 bits per heavy atom. The summed E-state index contributed by atoms with van der Waals surface area (Å²) in [7, 11) is -2.72. The van der Waals surface area contributed by atoms with Crippen LogP contribution in [0.15, 0.2) is 42.5 Å². The van der Waals surface area contributed by atoms with Crippen molar-refractivity contribution in [3.8, 4) is 5.75 Å². The number of benzene rings is 2. The predicted molar refractivity (Wildman–Crippen MR) is 136 cm³/mol. The van der Waals surface area contributed by atoms with Crippen molar-refractivity contribution >= 4 is 37.7 Å². The van der Waals surface area contributed by atoms with E-state index in [4.69, 9.17) is 27.9 Å². The van der Waals surface area contributed by atoms with E-state index in [1.54, 1.807) is 18.2 Å². The van der Waals surface area contributed by atoms with Gasteiger partial charge in [0.25, 0.3) is 0 Å². The van der Waals surface area contributed by atoms with E-state index in [2.05, 4.69) is 5.32 Å². The second-order valence-electron chi connectivity index (χ2n) is 7.37. The van der Waals surface area contributed by atoms with Gasteiger partial charge in [-0.15, -0.1) is 0 Å². The van der Waals surface area contributed by atoms with Crippen LogP contribution in [-0.2, 0) is 22.8 Å². The molecule has 0 saturated heterocycles. The molecule has 0 radical (unpaired) electrons. The van der Waals surface area contributed by atoms with Crippen LogP contribution in [0, 0.1) is 0 Å². The van der Waals surface area contributed by atoms with Crippen molar-refractivity contribution in [3.63, 3.8) is 0 Å². The Balaban J connectivity index is 1.79. The molecular weight excluding hydrogens is 470 g/mol. The van der Waals surface area contributed by atoms with Crippen LogP contribution < -0.4 is 10.1 Å². The Hall–Kier alpha value is -2.92. The number of carboxylic acid groups (broad SMARTS) is 1. The molecule has 0 spiro atoms. The summed E-state index contributed by atoms with van der Waals surface area (Å²) in [6.07, 6.45) is 2.77. The zero-order valence-corrected chi connectivity index (χ0v) is 21.6. The van der Waals surface area contributed by atoms with Gasteiger partial charge in [0.15, 0.2) is 0 Å². The third-order valence-electron chi connectivity index (χ3n) is 4.92. The summed E-state index contributed by atoms with van der Waals surface area (Å²) < 4.78 is 28.4. The van der Waals surface area contributed by atoms with Gasteiger partial charge in [-0.25, -0.2) is 9.59 Å². The molecule has 1 amide bonds. The highest BCUT2D eigenvalue weighted by atomic mass is 28.4. The standard InChI is InChI=1S/C25H35NO8Si/c1-4-32-35(33-5-2,34-6-3)19-9-16-26-25(29)31-18-17-30-23-14-12-20(13-15-24(27)28)21-10-7-8-11-22(21)23/h7-8,10-15H,4-6,9,16-19H2,1-3H3,(H,26,29)(H,27,28). The highest BCUT2D eigenvalue weighted by Gasteiger charge is 2.39. The second kappa shape index (κ2) is 15.2. The average Bonchev–Trinajstić information content (AvgIpc) is 2.84. The Morgan fingerprint density at radius 1 is 0.943 bits per heavy atom. The first-order valence-corrected chi connectivity index (χ1v) is 13.8. The number of alkyl carbamates (subject to hydrolysis) is 1. The van der Waals surface area contributed by atoms with Gasteiger partial charge in [-0.05, 0) is 50.3 Å². The zero-order valence-electron chi connectivity index (χ0n) is 20.6. The minimum atomic E-state index is -2.72. The number of carbonyl (C=O) groups is 2. The van der Waals surface area contributed by atoms with Crippen LogP contribution in [0.3, 0.4) is 0 Å². The van der Waals surface area contributed by atoms with E-state index < -0.39 is 20.9 Å². The highest BCUT2D eigenvalue weighted by Crippen LogP contribution is 2.29. The largest absolute Gasteiger partial charge is 0.500 e. The van der Waals surface area contributed by atoms with Crippen LogP contribution >= 0.6 is 0 Å². The summed E-state index contributed by atoms with van der Waals surface area (Å²) in [5, 5.41) is 13.3. The Morgan fingerprint density at radius 3 is 2.23 bits per heavy atom. The lowest BCUT2D eigenvalue weighted by Gasteiger charge is -2.28. The minimum absolute atomic E-state index is 0.0797. The fourth-order valence-electron chi connectivity index (χ4n) is 3.56. The normalized spacial score (nSPS) is 11.6. The fourth-order valence-corrected chi connectivity index (χ4v) is 6.17. The van der Waals surface area contributed by atoms with Crippen LogP contribution in [0.1, 0.15) is 32.8 Å². The van der Waals surface area contributed by atoms with Crippen LogP contribution in [0.2, 0.25) is 6.04 Å². The number of carboxylic acids is 1. The third-order valence-corrected chi connectivity index (χ3v) is 8.07. The van der Waals surface area contributed by atoms with E-state index in [0.29, 0.717) is 44.6 Å². The minimum Gasteiger partial charge on any atom is -0.489 e. The van der Waals surface area contributed by atoms with E-state index in [1.165, 1.54) is 0 Å². The number of rotatable bonds is 16. The lowest BCUT2D eigenvalue weighted by atomic mass is 10.0. The molecule has 0 bridgehead atoms. The average molecular weight is 506 g/mol. The molecule has 0 aromatic heterocycles. The molecule has 0 fully saturated rings. The zero-order chi connectivity index (χ0) is 25.5. The molecule has 0 saturated carbocycles. The molecule has 0 heterocycles. The van der Waals surface area contributed by atoms with Crippen LogP contribution in [0.4, 0.5) is 4.79 Å². The van der Waals surface area contributed by atoms with Gasteiger partial charge in [0.05, 0.1) is 0 Å². The summed E-state index contributed by atoms with van der Waals surface area (Å²) in [5.41, 5.74) is 0.774. The van der Waals surface area contributed by atoms with Gasteiger partial charge in [0, 0.05) is 43.9 Å². The maximum absolute atomic E-state index is 12.0. The van der Waals surface area contributed by atoms with E-state index in [0.717, 1.165) is 22.4 Å². The molecule has 2 N–H and O–H groups in total. The molecule has 0 aliphatic carbocycles. The first-order valence-electron chi connectivity index (χ1n) is 11.8. The van der Waals surface area contributed by atoms with Gasteiger partial charge >= 0.3 is 20.9 Å². The SMILES string of the molecule is CCO[Si](CCCNC(=O)OCCOc1ccc(C=CC(=O)O)c2ccccc12)(OCC)OCC. The Labute approximate surface area is 207 Å². The van der Waals surface area contributed by atoms with Crippen molar-refractivity contribution in [3.05, 3.63) is 48.0 Å². The van der Waals surface area contributed by atoms with Gasteiger partial charge in [-0.1, -0.05) is 30.3 Å². The van der Waals surface area contributed by atoms with Crippen molar-refractivity contribution in [1.29, 1.82) is 0 Å². The van der Waals surface area contributed by atoms with Crippen molar-refractivity contribution in [2.75, 3.05) is 39.6 Å². The van der Waals surface area contributed by atoms with Gasteiger partial charge in [-0.2, -0.15) is 0 Å². The van der Waals surface area contributed by atoms with Crippen molar-refractivity contribution < 1.29 is 37.4 Å². The number of nitrogens with one attached hydrogen (secondary N) is 1. The molecule has 0 atom stereocenters. The maximum atomic E-state index is 12.0. The maximum Gasteiger partial charge on any atom is 0.500 e. The molecule has 0 aliphatic heterocycles. The van der Waals surface area contributed by atoms with E-state index in [9.17, 15) is 9.59 Å². The van der Waals surface area contributed by atoms with Crippen LogP contribution in [0.5, 0.6) is 5.75 Å². The number of amides is 1. The topological polar surface area (TPSA) is 113 Å². The Bertz CT molecular complexity index is 964. The van der Waals surface area contributed by atoms with Crippen molar-refractivity contribution in [2.45, 2.75) is 33.2 Å². The number of hydrogen-bond acceptors (Lipinski definition) is 7. The fraction of sp³-hybridized carbons (Fsp3) is 0.440. The molecule has 2 aromatic rings. The molecule has 0 aliphatic rings. The molecule has 9 nitrogen and oxygen atoms in total. The number of ether oxygens (including phenoxy) is 2. The number of carbonyl (C=O) groups excluding carboxylic acids is 1. The lowest BCUT2D eigenvalue weighted by Crippen LogP contribution is -2.46. The molecule has 2 aromatic carbocycles. The molecule has 10 heteroatoms. The monoisotopic (exact) mass is 505 g/mol. The smallest absolute Gasteiger partial charge is 0.489 e. The van der Waals surface area contributed by atoms with Crippen molar-refractivity contribution in [1.82, 2.24) is 5.32 Å². The first-order chi connectivity index (χ1) is 16.9. The van der Waals surface area contributed by atoms with Gasteiger partial charge in [0.1, 0.15) is 19.0 Å². The number of aliphatic carboxylic acids is 1. The summed E-state index contributed by atoms with van der Waals surface area (Å²) in [6.45, 7) is 7.93. The summed E-state index contributed by atoms with van der Waals surface area (Å²) in [4.78, 5) is 22.9.